The first-order chi connectivity index (χ1) is 8.26. The van der Waals surface area contributed by atoms with Gasteiger partial charge in [0, 0.05) is 24.7 Å². The van der Waals surface area contributed by atoms with Gasteiger partial charge in [-0.1, -0.05) is 0 Å². The molecule has 0 aromatic carbocycles. The summed E-state index contributed by atoms with van der Waals surface area (Å²) >= 11 is 0. The fourth-order valence-electron chi connectivity index (χ4n) is 3.48. The Morgan fingerprint density at radius 2 is 2.18 bits per heavy atom. The van der Waals surface area contributed by atoms with E-state index in [1.54, 1.807) is 0 Å². The largest absolute Gasteiger partial charge is 0.378 e. The van der Waals surface area contributed by atoms with Gasteiger partial charge in [-0.15, -0.1) is 0 Å². The molecule has 2 N–H and O–H groups in total. The average molecular weight is 238 g/mol. The minimum absolute atomic E-state index is 0.222. The van der Waals surface area contributed by atoms with Gasteiger partial charge in [0.25, 0.3) is 0 Å². The molecule has 2 bridgehead atoms. The Hall–Kier alpha value is -0.610. The molecule has 3 fully saturated rings. The molecule has 96 valence electrons. The number of hydrogen-bond donors (Lipinski definition) is 2. The van der Waals surface area contributed by atoms with Crippen LogP contribution in [0.3, 0.4) is 0 Å². The smallest absolute Gasteiger partial charge is 0.224 e. The summed E-state index contributed by atoms with van der Waals surface area (Å²) in [6.45, 7) is 2.80. The fourth-order valence-corrected chi connectivity index (χ4v) is 3.48. The number of fused-ring (bicyclic) bond motifs is 2. The fraction of sp³-hybridized carbons (Fsp3) is 0.923. The summed E-state index contributed by atoms with van der Waals surface area (Å²) in [5.74, 6) is 0.490. The summed E-state index contributed by atoms with van der Waals surface area (Å²) in [4.78, 5) is 12.1. The molecule has 4 heteroatoms. The van der Waals surface area contributed by atoms with Crippen molar-refractivity contribution in [1.29, 1.82) is 0 Å². The van der Waals surface area contributed by atoms with E-state index in [1.165, 1.54) is 12.8 Å². The van der Waals surface area contributed by atoms with Crippen molar-refractivity contribution in [2.45, 2.75) is 63.3 Å². The van der Waals surface area contributed by atoms with Crippen molar-refractivity contribution in [3.05, 3.63) is 0 Å². The Morgan fingerprint density at radius 3 is 2.76 bits per heavy atom. The number of carbonyl (C=O) groups excluding carboxylic acids is 1. The Balaban J connectivity index is 1.43. The second-order valence-electron chi connectivity index (χ2n) is 5.64. The van der Waals surface area contributed by atoms with Crippen LogP contribution in [-0.4, -0.2) is 36.7 Å². The molecule has 1 amide bonds. The van der Waals surface area contributed by atoms with Crippen molar-refractivity contribution in [1.82, 2.24) is 10.6 Å². The molecule has 4 nitrogen and oxygen atoms in total. The number of amides is 1. The highest BCUT2D eigenvalue weighted by molar-refractivity contribution is 5.80. The van der Waals surface area contributed by atoms with Crippen LogP contribution >= 0.6 is 0 Å². The quantitative estimate of drug-likeness (QED) is 0.762. The molecule has 3 aliphatic rings. The number of nitrogens with one attached hydrogen (secondary N) is 2. The normalized spacial score (nSPS) is 43.5. The lowest BCUT2D eigenvalue weighted by atomic mass is 9.85. The zero-order valence-electron chi connectivity index (χ0n) is 10.4. The van der Waals surface area contributed by atoms with Crippen LogP contribution in [0.5, 0.6) is 0 Å². The second-order valence-corrected chi connectivity index (χ2v) is 5.64. The van der Waals surface area contributed by atoms with E-state index >= 15 is 0 Å². The second kappa shape index (κ2) is 4.58. The molecule has 3 atom stereocenters. The van der Waals surface area contributed by atoms with E-state index < -0.39 is 0 Å². The lowest BCUT2D eigenvalue weighted by molar-refractivity contribution is -0.128. The minimum Gasteiger partial charge on any atom is -0.378 e. The van der Waals surface area contributed by atoms with Crippen molar-refractivity contribution < 1.29 is 9.53 Å². The van der Waals surface area contributed by atoms with Crippen molar-refractivity contribution in [3.63, 3.8) is 0 Å². The van der Waals surface area contributed by atoms with Crippen LogP contribution in [-0.2, 0) is 9.53 Å². The summed E-state index contributed by atoms with van der Waals surface area (Å²) < 4.78 is 5.50. The van der Waals surface area contributed by atoms with Gasteiger partial charge in [0.05, 0.1) is 12.0 Å². The van der Waals surface area contributed by atoms with Crippen LogP contribution < -0.4 is 10.6 Å². The summed E-state index contributed by atoms with van der Waals surface area (Å²) in [6.07, 6.45) is 5.84. The molecule has 17 heavy (non-hydrogen) atoms. The predicted molar refractivity (Wildman–Crippen MR) is 64.6 cm³/mol. The molecule has 0 spiro atoms. The van der Waals surface area contributed by atoms with Gasteiger partial charge in [-0.05, 0) is 39.0 Å². The third kappa shape index (κ3) is 2.20. The van der Waals surface area contributed by atoms with E-state index in [0.29, 0.717) is 24.2 Å². The van der Waals surface area contributed by atoms with Crippen LogP contribution in [0.1, 0.15) is 39.0 Å². The summed E-state index contributed by atoms with van der Waals surface area (Å²) in [6, 6.07) is 1.41. The van der Waals surface area contributed by atoms with Gasteiger partial charge in [0.15, 0.2) is 0 Å². The monoisotopic (exact) mass is 238 g/mol. The molecular formula is C13H22N2O2. The number of rotatable bonds is 4. The number of hydrogen-bond acceptors (Lipinski definition) is 3. The highest BCUT2D eigenvalue weighted by Gasteiger charge is 2.43. The molecule has 2 aliphatic heterocycles. The molecule has 0 radical (unpaired) electrons. The van der Waals surface area contributed by atoms with E-state index in [1.807, 2.05) is 6.92 Å². The first-order valence-electron chi connectivity index (χ1n) is 6.94. The van der Waals surface area contributed by atoms with Gasteiger partial charge < -0.3 is 15.4 Å². The molecule has 0 aromatic heterocycles. The van der Waals surface area contributed by atoms with E-state index in [9.17, 15) is 4.79 Å². The van der Waals surface area contributed by atoms with Gasteiger partial charge in [-0.2, -0.15) is 0 Å². The van der Waals surface area contributed by atoms with Gasteiger partial charge in [-0.3, -0.25) is 4.79 Å². The number of ether oxygens (including phenoxy) is 1. The average Bonchev–Trinajstić information content (AvgIpc) is 2.87. The minimum atomic E-state index is 0.222. The van der Waals surface area contributed by atoms with Crippen LogP contribution in [0, 0.1) is 5.92 Å². The lowest BCUT2D eigenvalue weighted by Crippen LogP contribution is -2.50. The molecule has 3 unspecified atom stereocenters. The van der Waals surface area contributed by atoms with Crippen molar-refractivity contribution in [2.24, 2.45) is 5.92 Å². The van der Waals surface area contributed by atoms with Crippen molar-refractivity contribution in [2.75, 3.05) is 6.61 Å². The molecule has 0 aromatic rings. The Morgan fingerprint density at radius 1 is 1.35 bits per heavy atom. The first kappa shape index (κ1) is 11.5. The van der Waals surface area contributed by atoms with E-state index in [4.69, 9.17) is 4.74 Å². The Labute approximate surface area is 102 Å². The SMILES string of the molecule is CCOC1CC(NC(=O)C2CC3CCC2N3)C1. The zero-order valence-corrected chi connectivity index (χ0v) is 10.4. The highest BCUT2D eigenvalue weighted by atomic mass is 16.5. The Kier molecular flexibility index (Phi) is 3.09. The van der Waals surface area contributed by atoms with Crippen LogP contribution in [0.4, 0.5) is 0 Å². The lowest BCUT2D eigenvalue weighted by Gasteiger charge is -2.36. The molecule has 1 saturated carbocycles. The first-order valence-corrected chi connectivity index (χ1v) is 6.94. The van der Waals surface area contributed by atoms with Crippen molar-refractivity contribution in [3.8, 4) is 0 Å². The topological polar surface area (TPSA) is 50.4 Å². The third-order valence-corrected chi connectivity index (χ3v) is 4.48. The summed E-state index contributed by atoms with van der Waals surface area (Å²) in [5.41, 5.74) is 0. The van der Waals surface area contributed by atoms with Gasteiger partial charge >= 0.3 is 0 Å². The summed E-state index contributed by atoms with van der Waals surface area (Å²) in [7, 11) is 0. The molecular weight excluding hydrogens is 216 g/mol. The van der Waals surface area contributed by atoms with Gasteiger partial charge in [0.2, 0.25) is 5.91 Å². The van der Waals surface area contributed by atoms with Crippen LogP contribution in [0.15, 0.2) is 0 Å². The maximum Gasteiger partial charge on any atom is 0.224 e. The summed E-state index contributed by atoms with van der Waals surface area (Å²) in [5, 5.41) is 6.68. The number of carbonyl (C=O) groups is 1. The Bertz CT molecular complexity index is 302. The maximum absolute atomic E-state index is 12.1. The van der Waals surface area contributed by atoms with E-state index in [0.717, 1.165) is 25.9 Å². The van der Waals surface area contributed by atoms with Gasteiger partial charge in [0.1, 0.15) is 0 Å². The standard InChI is InChI=1S/C13H22N2O2/c1-2-17-10-5-9(6-10)15-13(16)11-7-8-3-4-12(11)14-8/h8-12,14H,2-7H2,1H3,(H,15,16). The molecule has 2 heterocycles. The zero-order chi connectivity index (χ0) is 11.8. The molecule has 1 aliphatic carbocycles. The van der Waals surface area contributed by atoms with E-state index in [2.05, 4.69) is 10.6 Å². The molecule has 2 saturated heterocycles. The highest BCUT2D eigenvalue weighted by Crippen LogP contribution is 2.34. The van der Waals surface area contributed by atoms with Crippen LogP contribution in [0.25, 0.3) is 0 Å². The van der Waals surface area contributed by atoms with E-state index in [-0.39, 0.29) is 11.8 Å². The third-order valence-electron chi connectivity index (χ3n) is 4.48. The van der Waals surface area contributed by atoms with Crippen LogP contribution in [0.2, 0.25) is 0 Å². The maximum atomic E-state index is 12.1. The molecule has 3 rings (SSSR count). The predicted octanol–water partition coefficient (Wildman–Crippen LogP) is 0.811. The van der Waals surface area contributed by atoms with Gasteiger partial charge in [-0.25, -0.2) is 0 Å². The van der Waals surface area contributed by atoms with Crippen molar-refractivity contribution >= 4 is 5.91 Å².